The summed E-state index contributed by atoms with van der Waals surface area (Å²) >= 11 is 4.96. The second kappa shape index (κ2) is 4.70. The van der Waals surface area contributed by atoms with E-state index in [1.165, 1.54) is 11.8 Å². The smallest absolute Gasteiger partial charge is 0.187 e. The van der Waals surface area contributed by atoms with Crippen molar-refractivity contribution >= 4 is 33.3 Å². The van der Waals surface area contributed by atoms with Gasteiger partial charge in [0.25, 0.3) is 0 Å². The van der Waals surface area contributed by atoms with Gasteiger partial charge in [-0.1, -0.05) is 39.8 Å². The third-order valence-electron chi connectivity index (χ3n) is 2.56. The van der Waals surface area contributed by atoms with Crippen LogP contribution in [0.3, 0.4) is 0 Å². The number of fused-ring (bicyclic) bond motifs is 1. The van der Waals surface area contributed by atoms with Gasteiger partial charge < -0.3 is 0 Å². The summed E-state index contributed by atoms with van der Waals surface area (Å²) < 4.78 is 2.82. The quantitative estimate of drug-likeness (QED) is 0.680. The molecule has 0 aliphatic carbocycles. The fraction of sp³-hybridized carbons (Fsp3) is 0.0833. The van der Waals surface area contributed by atoms with Gasteiger partial charge in [-0.15, -0.1) is 10.2 Å². The first kappa shape index (κ1) is 11.7. The van der Waals surface area contributed by atoms with Crippen LogP contribution in [0.1, 0.15) is 0 Å². The Hall–Kier alpha value is -1.40. The molecule has 3 aromatic rings. The molecule has 0 bridgehead atoms. The van der Waals surface area contributed by atoms with Gasteiger partial charge >= 0.3 is 0 Å². The SMILES string of the molecule is CSc1nnc2ccc(-c3ccc(Br)cc3)nn12. The number of halogens is 1. The van der Waals surface area contributed by atoms with Crippen molar-refractivity contribution in [3.8, 4) is 11.3 Å². The first-order valence-electron chi connectivity index (χ1n) is 5.30. The molecule has 0 N–H and O–H groups in total. The summed E-state index contributed by atoms with van der Waals surface area (Å²) in [7, 11) is 0. The molecule has 0 unspecified atom stereocenters. The highest BCUT2D eigenvalue weighted by atomic mass is 79.9. The molecule has 0 saturated heterocycles. The van der Waals surface area contributed by atoms with E-state index < -0.39 is 0 Å². The van der Waals surface area contributed by atoms with Crippen LogP contribution < -0.4 is 0 Å². The first-order chi connectivity index (χ1) is 8.78. The molecular weight excluding hydrogens is 312 g/mol. The zero-order valence-electron chi connectivity index (χ0n) is 9.54. The standard InChI is InChI=1S/C12H9BrN4S/c1-18-12-15-14-11-7-6-10(16-17(11)12)8-2-4-9(13)5-3-8/h2-7H,1H3. The van der Waals surface area contributed by atoms with Gasteiger partial charge in [0.1, 0.15) is 0 Å². The predicted molar refractivity (Wildman–Crippen MR) is 75.7 cm³/mol. The van der Waals surface area contributed by atoms with Gasteiger partial charge in [-0.05, 0) is 30.5 Å². The molecule has 0 aliphatic rings. The van der Waals surface area contributed by atoms with E-state index in [0.717, 1.165) is 26.5 Å². The molecular formula is C12H9BrN4S. The summed E-state index contributed by atoms with van der Waals surface area (Å²) in [6.45, 7) is 0. The van der Waals surface area contributed by atoms with Crippen LogP contribution in [-0.2, 0) is 0 Å². The molecule has 0 amide bonds. The molecule has 0 saturated carbocycles. The molecule has 90 valence electrons. The summed E-state index contributed by atoms with van der Waals surface area (Å²) in [5.74, 6) is 0. The Kier molecular flexibility index (Phi) is 3.05. The van der Waals surface area contributed by atoms with Gasteiger partial charge in [0, 0.05) is 10.0 Å². The molecule has 4 nitrogen and oxygen atoms in total. The lowest BCUT2D eigenvalue weighted by atomic mass is 10.1. The van der Waals surface area contributed by atoms with Crippen LogP contribution in [0.25, 0.3) is 16.9 Å². The van der Waals surface area contributed by atoms with Crippen molar-refractivity contribution in [2.24, 2.45) is 0 Å². The number of aromatic nitrogens is 4. The van der Waals surface area contributed by atoms with Crippen LogP contribution in [-0.4, -0.2) is 26.1 Å². The van der Waals surface area contributed by atoms with Gasteiger partial charge in [0.2, 0.25) is 5.16 Å². The van der Waals surface area contributed by atoms with Crippen molar-refractivity contribution in [2.75, 3.05) is 6.26 Å². The van der Waals surface area contributed by atoms with Crippen LogP contribution in [0.2, 0.25) is 0 Å². The Morgan fingerprint density at radius 3 is 2.56 bits per heavy atom. The summed E-state index contributed by atoms with van der Waals surface area (Å²) in [4.78, 5) is 0. The lowest BCUT2D eigenvalue weighted by molar-refractivity contribution is 0.814. The van der Waals surface area contributed by atoms with Crippen LogP contribution in [0.5, 0.6) is 0 Å². The van der Waals surface area contributed by atoms with Crippen molar-refractivity contribution in [2.45, 2.75) is 5.16 Å². The van der Waals surface area contributed by atoms with Crippen LogP contribution in [0.4, 0.5) is 0 Å². The summed E-state index contributed by atoms with van der Waals surface area (Å²) in [6.07, 6.45) is 1.96. The molecule has 0 spiro atoms. The largest absolute Gasteiger partial charge is 0.212 e. The molecule has 2 aromatic heterocycles. The second-order valence-corrected chi connectivity index (χ2v) is 5.37. The maximum Gasteiger partial charge on any atom is 0.212 e. The van der Waals surface area contributed by atoms with Crippen molar-refractivity contribution in [1.82, 2.24) is 19.8 Å². The highest BCUT2D eigenvalue weighted by Gasteiger charge is 2.07. The zero-order valence-corrected chi connectivity index (χ0v) is 11.9. The van der Waals surface area contributed by atoms with Gasteiger partial charge in [-0.25, -0.2) is 0 Å². The monoisotopic (exact) mass is 320 g/mol. The van der Waals surface area contributed by atoms with E-state index in [9.17, 15) is 0 Å². The number of thioether (sulfide) groups is 1. The van der Waals surface area contributed by atoms with E-state index in [1.54, 1.807) is 4.52 Å². The lowest BCUT2D eigenvalue weighted by Crippen LogP contribution is -1.95. The van der Waals surface area contributed by atoms with Gasteiger partial charge in [-0.2, -0.15) is 9.61 Å². The predicted octanol–water partition coefficient (Wildman–Crippen LogP) is 3.28. The number of rotatable bonds is 2. The summed E-state index contributed by atoms with van der Waals surface area (Å²) in [5.41, 5.74) is 2.74. The van der Waals surface area contributed by atoms with Gasteiger partial charge in [-0.3, -0.25) is 0 Å². The minimum absolute atomic E-state index is 0.764. The summed E-state index contributed by atoms with van der Waals surface area (Å²) in [5, 5.41) is 13.5. The first-order valence-corrected chi connectivity index (χ1v) is 7.32. The summed E-state index contributed by atoms with van der Waals surface area (Å²) in [6, 6.07) is 11.9. The van der Waals surface area contributed by atoms with Crippen molar-refractivity contribution in [3.63, 3.8) is 0 Å². The fourth-order valence-corrected chi connectivity index (χ4v) is 2.37. The molecule has 0 aliphatic heterocycles. The number of hydrogen-bond acceptors (Lipinski definition) is 4. The highest BCUT2D eigenvalue weighted by molar-refractivity contribution is 9.10. The van der Waals surface area contributed by atoms with E-state index in [2.05, 4.69) is 31.2 Å². The Morgan fingerprint density at radius 1 is 1.06 bits per heavy atom. The van der Waals surface area contributed by atoms with Crippen molar-refractivity contribution in [1.29, 1.82) is 0 Å². The minimum atomic E-state index is 0.764. The molecule has 0 radical (unpaired) electrons. The normalized spacial score (nSPS) is 11.0. The Morgan fingerprint density at radius 2 is 1.83 bits per heavy atom. The van der Waals surface area contributed by atoms with E-state index >= 15 is 0 Å². The number of hydrogen-bond donors (Lipinski definition) is 0. The third-order valence-corrected chi connectivity index (χ3v) is 3.71. The van der Waals surface area contributed by atoms with E-state index in [0.29, 0.717) is 0 Å². The van der Waals surface area contributed by atoms with E-state index in [4.69, 9.17) is 0 Å². The average Bonchev–Trinajstić information content (AvgIpc) is 2.81. The lowest BCUT2D eigenvalue weighted by Gasteiger charge is -2.02. The third kappa shape index (κ3) is 2.02. The van der Waals surface area contributed by atoms with Crippen LogP contribution in [0.15, 0.2) is 46.0 Å². The maximum atomic E-state index is 4.56. The molecule has 18 heavy (non-hydrogen) atoms. The zero-order chi connectivity index (χ0) is 12.5. The van der Waals surface area contributed by atoms with Crippen LogP contribution in [0, 0.1) is 0 Å². The maximum absolute atomic E-state index is 4.56. The van der Waals surface area contributed by atoms with Gasteiger partial charge in [0.15, 0.2) is 5.65 Å². The minimum Gasteiger partial charge on any atom is -0.187 e. The Bertz CT molecular complexity index is 693. The fourth-order valence-electron chi connectivity index (χ4n) is 1.67. The molecule has 3 rings (SSSR count). The number of nitrogens with zero attached hydrogens (tertiary/aromatic N) is 4. The molecule has 0 fully saturated rings. The Balaban J connectivity index is 2.14. The molecule has 1 aromatic carbocycles. The average molecular weight is 321 g/mol. The number of benzene rings is 1. The van der Waals surface area contributed by atoms with Gasteiger partial charge in [0.05, 0.1) is 5.69 Å². The Labute approximate surface area is 117 Å². The second-order valence-electron chi connectivity index (χ2n) is 3.68. The molecule has 6 heteroatoms. The van der Waals surface area contributed by atoms with Crippen molar-refractivity contribution in [3.05, 3.63) is 40.9 Å². The van der Waals surface area contributed by atoms with E-state index in [-0.39, 0.29) is 0 Å². The van der Waals surface area contributed by atoms with E-state index in [1.807, 2.05) is 42.7 Å². The molecule has 0 atom stereocenters. The topological polar surface area (TPSA) is 43.1 Å². The molecule has 2 heterocycles. The van der Waals surface area contributed by atoms with Crippen molar-refractivity contribution < 1.29 is 0 Å². The highest BCUT2D eigenvalue weighted by Crippen LogP contribution is 2.21. The van der Waals surface area contributed by atoms with Crippen LogP contribution >= 0.6 is 27.7 Å².